The number of hydrogen-bond acceptors (Lipinski definition) is 2. The first kappa shape index (κ1) is 18.8. The Balaban J connectivity index is 3.04. The number of primary amides is 1. The minimum absolute atomic E-state index is 0.0821. The molecule has 0 spiro atoms. The second-order valence-corrected chi connectivity index (χ2v) is 5.41. The fraction of sp³-hybridized carbons (Fsp3) is 0.812. The zero-order valence-corrected chi connectivity index (χ0v) is 12.7. The van der Waals surface area contributed by atoms with Gasteiger partial charge in [0.2, 0.25) is 11.8 Å². The van der Waals surface area contributed by atoms with Crippen molar-refractivity contribution in [2.45, 2.75) is 83.5 Å². The molecule has 0 aliphatic heterocycles. The molecular formula is C16H30N2O2. The van der Waals surface area contributed by atoms with Crippen LogP contribution in [-0.2, 0) is 9.59 Å². The molecule has 0 bridgehead atoms. The molecule has 0 aliphatic carbocycles. The average Bonchev–Trinajstić information content (AvgIpc) is 2.43. The van der Waals surface area contributed by atoms with Gasteiger partial charge >= 0.3 is 0 Å². The van der Waals surface area contributed by atoms with E-state index < -0.39 is 0 Å². The predicted molar refractivity (Wildman–Crippen MR) is 83.8 cm³/mol. The summed E-state index contributed by atoms with van der Waals surface area (Å²) < 4.78 is 0. The first-order valence-electron chi connectivity index (χ1n) is 7.94. The van der Waals surface area contributed by atoms with Crippen LogP contribution in [0.15, 0.2) is 4.99 Å². The Kier molecular flexibility index (Phi) is 13.4. The van der Waals surface area contributed by atoms with Crippen molar-refractivity contribution in [3.05, 3.63) is 0 Å². The van der Waals surface area contributed by atoms with Gasteiger partial charge in [-0.2, -0.15) is 0 Å². The van der Waals surface area contributed by atoms with Gasteiger partial charge in [-0.3, -0.25) is 9.59 Å². The van der Waals surface area contributed by atoms with Crippen molar-refractivity contribution in [2.24, 2.45) is 10.7 Å². The van der Waals surface area contributed by atoms with E-state index in [4.69, 9.17) is 5.73 Å². The molecule has 0 aromatic rings. The van der Waals surface area contributed by atoms with E-state index in [-0.39, 0.29) is 11.8 Å². The summed E-state index contributed by atoms with van der Waals surface area (Å²) in [6.07, 6.45) is 14.0. The highest BCUT2D eigenvalue weighted by atomic mass is 16.1. The zero-order valence-electron chi connectivity index (χ0n) is 12.7. The Morgan fingerprint density at radius 1 is 0.700 bits per heavy atom. The largest absolute Gasteiger partial charge is 0.370 e. The average molecular weight is 282 g/mol. The minimum Gasteiger partial charge on any atom is -0.370 e. The highest BCUT2D eigenvalue weighted by Gasteiger charge is 1.97. The smallest absolute Gasteiger partial charge is 0.245 e. The molecule has 4 heteroatoms. The summed E-state index contributed by atoms with van der Waals surface area (Å²) in [4.78, 5) is 24.8. The molecule has 2 N–H and O–H groups in total. The molecule has 4 nitrogen and oxygen atoms in total. The monoisotopic (exact) mass is 282 g/mol. The molecule has 0 fully saturated rings. The van der Waals surface area contributed by atoms with E-state index in [1.165, 1.54) is 44.9 Å². The number of nitrogens with two attached hydrogens (primary N) is 1. The number of carbonyl (C=O) groups excluding carboxylic acids is 2. The summed E-state index contributed by atoms with van der Waals surface area (Å²) in [6.45, 7) is 3.22. The zero-order chi connectivity index (χ0) is 15.1. The van der Waals surface area contributed by atoms with Crippen LogP contribution in [0.3, 0.4) is 0 Å². The maximum Gasteiger partial charge on any atom is 0.245 e. The van der Waals surface area contributed by atoms with Gasteiger partial charge in [0.15, 0.2) is 0 Å². The maximum atomic E-state index is 10.9. The van der Waals surface area contributed by atoms with Gasteiger partial charge in [-0.05, 0) is 19.6 Å². The first-order chi connectivity index (χ1) is 9.66. The van der Waals surface area contributed by atoms with Crippen molar-refractivity contribution in [1.29, 1.82) is 0 Å². The Labute approximate surface area is 123 Å². The molecule has 0 aromatic heterocycles. The SMILES string of the molecule is C=NC(=O)CCCCCCCCCCCCCC(N)=O. The Morgan fingerprint density at radius 2 is 1.05 bits per heavy atom. The molecule has 0 radical (unpaired) electrons. The van der Waals surface area contributed by atoms with Crippen molar-refractivity contribution >= 4 is 18.5 Å². The van der Waals surface area contributed by atoms with Crippen molar-refractivity contribution < 1.29 is 9.59 Å². The molecule has 20 heavy (non-hydrogen) atoms. The number of carbonyl (C=O) groups is 2. The lowest BCUT2D eigenvalue weighted by Gasteiger charge is -2.02. The lowest BCUT2D eigenvalue weighted by atomic mass is 10.0. The molecule has 0 rings (SSSR count). The normalized spacial score (nSPS) is 10.4. The highest BCUT2D eigenvalue weighted by molar-refractivity contribution is 5.80. The summed E-state index contributed by atoms with van der Waals surface area (Å²) in [5, 5.41) is 0. The Morgan fingerprint density at radius 3 is 1.40 bits per heavy atom. The van der Waals surface area contributed by atoms with E-state index >= 15 is 0 Å². The second kappa shape index (κ2) is 14.2. The van der Waals surface area contributed by atoms with Gasteiger partial charge in [-0.1, -0.05) is 57.8 Å². The summed E-state index contributed by atoms with van der Waals surface area (Å²) >= 11 is 0. The fourth-order valence-corrected chi connectivity index (χ4v) is 2.25. The van der Waals surface area contributed by atoms with Gasteiger partial charge in [0.05, 0.1) is 0 Å². The van der Waals surface area contributed by atoms with Crippen molar-refractivity contribution in [3.63, 3.8) is 0 Å². The Bertz CT molecular complexity index is 278. The fourth-order valence-electron chi connectivity index (χ4n) is 2.25. The van der Waals surface area contributed by atoms with Gasteiger partial charge in [0, 0.05) is 12.8 Å². The van der Waals surface area contributed by atoms with Gasteiger partial charge in [0.25, 0.3) is 0 Å². The van der Waals surface area contributed by atoms with E-state index in [1.807, 2.05) is 0 Å². The summed E-state index contributed by atoms with van der Waals surface area (Å²) in [6, 6.07) is 0. The molecule has 0 heterocycles. The Hall–Kier alpha value is -1.19. The van der Waals surface area contributed by atoms with Gasteiger partial charge in [0.1, 0.15) is 0 Å². The van der Waals surface area contributed by atoms with Crippen LogP contribution >= 0.6 is 0 Å². The van der Waals surface area contributed by atoms with E-state index in [9.17, 15) is 9.59 Å². The molecule has 0 aliphatic rings. The van der Waals surface area contributed by atoms with Crippen LogP contribution in [0.5, 0.6) is 0 Å². The van der Waals surface area contributed by atoms with E-state index in [0.717, 1.165) is 25.7 Å². The standard InChI is InChI=1S/C16H30N2O2/c1-18-16(20)14-12-10-8-6-4-2-3-5-7-9-11-13-15(17)19/h1-14H2,(H2,17,19). The quantitative estimate of drug-likeness (QED) is 0.389. The third-order valence-corrected chi connectivity index (χ3v) is 3.49. The van der Waals surface area contributed by atoms with Crippen LogP contribution in [0.1, 0.15) is 83.5 Å². The lowest BCUT2D eigenvalue weighted by Crippen LogP contribution is -2.09. The molecule has 0 saturated heterocycles. The van der Waals surface area contributed by atoms with E-state index in [1.54, 1.807) is 0 Å². The molecular weight excluding hydrogens is 252 g/mol. The van der Waals surface area contributed by atoms with Crippen LogP contribution in [0.4, 0.5) is 0 Å². The summed E-state index contributed by atoms with van der Waals surface area (Å²) in [5.41, 5.74) is 5.08. The van der Waals surface area contributed by atoms with Crippen LogP contribution in [-0.4, -0.2) is 18.5 Å². The second-order valence-electron chi connectivity index (χ2n) is 5.41. The molecule has 0 saturated carbocycles. The number of hydrogen-bond donors (Lipinski definition) is 1. The predicted octanol–water partition coefficient (Wildman–Crippen LogP) is 3.77. The van der Waals surface area contributed by atoms with E-state index in [2.05, 4.69) is 11.7 Å². The third kappa shape index (κ3) is 14.9. The van der Waals surface area contributed by atoms with Gasteiger partial charge < -0.3 is 5.73 Å². The van der Waals surface area contributed by atoms with Crippen molar-refractivity contribution in [1.82, 2.24) is 0 Å². The maximum absolute atomic E-state index is 10.9. The molecule has 0 atom stereocenters. The number of aliphatic imine (C=N–C) groups is 1. The minimum atomic E-state index is -0.185. The molecule has 0 unspecified atom stereocenters. The van der Waals surface area contributed by atoms with Crippen molar-refractivity contribution in [2.75, 3.05) is 0 Å². The van der Waals surface area contributed by atoms with Crippen LogP contribution < -0.4 is 5.73 Å². The summed E-state index contributed by atoms with van der Waals surface area (Å²) in [5.74, 6) is -0.267. The van der Waals surface area contributed by atoms with Crippen molar-refractivity contribution in [3.8, 4) is 0 Å². The summed E-state index contributed by atoms with van der Waals surface area (Å²) in [7, 11) is 0. The number of unbranched alkanes of at least 4 members (excludes halogenated alkanes) is 10. The molecule has 116 valence electrons. The van der Waals surface area contributed by atoms with Crippen LogP contribution in [0.25, 0.3) is 0 Å². The first-order valence-corrected chi connectivity index (χ1v) is 7.94. The van der Waals surface area contributed by atoms with E-state index in [0.29, 0.717) is 12.8 Å². The number of nitrogens with zero attached hydrogens (tertiary/aromatic N) is 1. The topological polar surface area (TPSA) is 72.5 Å². The number of rotatable bonds is 14. The van der Waals surface area contributed by atoms with Crippen LogP contribution in [0, 0.1) is 0 Å². The highest BCUT2D eigenvalue weighted by Crippen LogP contribution is 2.12. The molecule has 2 amide bonds. The molecule has 0 aromatic carbocycles. The lowest BCUT2D eigenvalue weighted by molar-refractivity contribution is -0.118. The van der Waals surface area contributed by atoms with Crippen LogP contribution in [0.2, 0.25) is 0 Å². The number of amides is 2. The van der Waals surface area contributed by atoms with Gasteiger partial charge in [-0.15, -0.1) is 0 Å². The van der Waals surface area contributed by atoms with Gasteiger partial charge in [-0.25, -0.2) is 4.99 Å². The third-order valence-electron chi connectivity index (χ3n) is 3.49.